The van der Waals surface area contributed by atoms with E-state index < -0.39 is 5.92 Å². The number of ether oxygens (including phenoxy) is 1. The number of halogens is 1. The standard InChI is InChI=1S/C12H14ClN3O3/c1-19-10-3-2-8(5-9(10)13)16-6-7(4-11(16)17)12(18)15-14/h2-3,5,7H,4,6,14H2,1H3,(H,15,18). The van der Waals surface area contributed by atoms with Crippen molar-refractivity contribution in [2.45, 2.75) is 6.42 Å². The van der Waals surface area contributed by atoms with Crippen LogP contribution in [-0.2, 0) is 9.59 Å². The van der Waals surface area contributed by atoms with E-state index in [1.807, 2.05) is 0 Å². The Labute approximate surface area is 115 Å². The first-order valence-corrected chi connectivity index (χ1v) is 6.09. The molecule has 0 aliphatic carbocycles. The van der Waals surface area contributed by atoms with E-state index in [0.29, 0.717) is 23.0 Å². The van der Waals surface area contributed by atoms with E-state index in [9.17, 15) is 9.59 Å². The van der Waals surface area contributed by atoms with Gasteiger partial charge in [0, 0.05) is 18.7 Å². The monoisotopic (exact) mass is 283 g/mol. The molecule has 1 aromatic rings. The Balaban J connectivity index is 2.21. The van der Waals surface area contributed by atoms with E-state index in [4.69, 9.17) is 22.2 Å². The number of hydrazine groups is 1. The summed E-state index contributed by atoms with van der Waals surface area (Å²) in [5, 5.41) is 0.416. The number of nitrogens with one attached hydrogen (secondary N) is 1. The van der Waals surface area contributed by atoms with Crippen LogP contribution in [0.15, 0.2) is 18.2 Å². The fourth-order valence-corrected chi connectivity index (χ4v) is 2.33. The fourth-order valence-electron chi connectivity index (χ4n) is 2.07. The molecule has 1 fully saturated rings. The lowest BCUT2D eigenvalue weighted by Crippen LogP contribution is -2.37. The van der Waals surface area contributed by atoms with Gasteiger partial charge in [-0.05, 0) is 18.2 Å². The van der Waals surface area contributed by atoms with Gasteiger partial charge in [0.25, 0.3) is 0 Å². The van der Waals surface area contributed by atoms with Gasteiger partial charge in [-0.3, -0.25) is 15.0 Å². The topological polar surface area (TPSA) is 84.7 Å². The van der Waals surface area contributed by atoms with E-state index in [-0.39, 0.29) is 18.2 Å². The van der Waals surface area contributed by atoms with Crippen molar-refractivity contribution in [3.8, 4) is 5.75 Å². The van der Waals surface area contributed by atoms with Gasteiger partial charge in [0.1, 0.15) is 5.75 Å². The highest BCUT2D eigenvalue weighted by atomic mass is 35.5. The Morgan fingerprint density at radius 3 is 2.89 bits per heavy atom. The molecule has 19 heavy (non-hydrogen) atoms. The smallest absolute Gasteiger partial charge is 0.239 e. The van der Waals surface area contributed by atoms with Crippen LogP contribution >= 0.6 is 11.6 Å². The molecule has 1 heterocycles. The molecule has 3 N–H and O–H groups in total. The molecule has 6 nitrogen and oxygen atoms in total. The summed E-state index contributed by atoms with van der Waals surface area (Å²) in [5.74, 6) is 4.71. The highest BCUT2D eigenvalue weighted by Gasteiger charge is 2.34. The summed E-state index contributed by atoms with van der Waals surface area (Å²) in [7, 11) is 1.52. The highest BCUT2D eigenvalue weighted by molar-refractivity contribution is 6.32. The summed E-state index contributed by atoms with van der Waals surface area (Å²) >= 11 is 6.02. The van der Waals surface area contributed by atoms with Crippen LogP contribution in [0, 0.1) is 5.92 Å². The number of methoxy groups -OCH3 is 1. The minimum atomic E-state index is -0.432. The van der Waals surface area contributed by atoms with Gasteiger partial charge in [0.2, 0.25) is 11.8 Å². The quantitative estimate of drug-likeness (QED) is 0.486. The first-order chi connectivity index (χ1) is 9.06. The molecule has 1 unspecified atom stereocenters. The molecular formula is C12H14ClN3O3. The van der Waals surface area contributed by atoms with Crippen LogP contribution in [0.1, 0.15) is 6.42 Å². The van der Waals surface area contributed by atoms with Gasteiger partial charge in [-0.25, -0.2) is 5.84 Å². The molecule has 7 heteroatoms. The first kappa shape index (κ1) is 13.6. The van der Waals surface area contributed by atoms with Crippen molar-refractivity contribution >= 4 is 29.1 Å². The van der Waals surface area contributed by atoms with Crippen molar-refractivity contribution in [1.82, 2.24) is 5.43 Å². The van der Waals surface area contributed by atoms with E-state index in [1.165, 1.54) is 12.0 Å². The first-order valence-electron chi connectivity index (χ1n) is 5.71. The van der Waals surface area contributed by atoms with Gasteiger partial charge in [0.15, 0.2) is 0 Å². The van der Waals surface area contributed by atoms with Crippen LogP contribution in [0.3, 0.4) is 0 Å². The Hall–Kier alpha value is -1.79. The Morgan fingerprint density at radius 2 is 2.32 bits per heavy atom. The largest absolute Gasteiger partial charge is 0.495 e. The lowest BCUT2D eigenvalue weighted by Gasteiger charge is -2.17. The van der Waals surface area contributed by atoms with Crippen LogP contribution in [-0.4, -0.2) is 25.5 Å². The molecule has 0 bridgehead atoms. The molecule has 1 aliphatic heterocycles. The van der Waals surface area contributed by atoms with Gasteiger partial charge in [-0.2, -0.15) is 0 Å². The third-order valence-corrected chi connectivity index (χ3v) is 3.38. The summed E-state index contributed by atoms with van der Waals surface area (Å²) in [6.45, 7) is 0.296. The van der Waals surface area contributed by atoms with Crippen LogP contribution < -0.4 is 20.9 Å². The molecule has 2 amide bonds. The maximum absolute atomic E-state index is 11.9. The number of nitrogens with two attached hydrogens (primary N) is 1. The number of benzene rings is 1. The minimum absolute atomic E-state index is 0.130. The van der Waals surface area contributed by atoms with Crippen molar-refractivity contribution < 1.29 is 14.3 Å². The summed E-state index contributed by atoms with van der Waals surface area (Å²) in [6, 6.07) is 5.05. The van der Waals surface area contributed by atoms with Gasteiger partial charge >= 0.3 is 0 Å². The van der Waals surface area contributed by atoms with E-state index >= 15 is 0 Å². The van der Waals surface area contributed by atoms with Gasteiger partial charge in [-0.15, -0.1) is 0 Å². The Bertz CT molecular complexity index is 521. The second-order valence-electron chi connectivity index (χ2n) is 4.23. The number of carbonyl (C=O) groups excluding carboxylic acids is 2. The number of hydrogen-bond acceptors (Lipinski definition) is 4. The Morgan fingerprint density at radius 1 is 1.58 bits per heavy atom. The van der Waals surface area contributed by atoms with Gasteiger partial charge in [0.05, 0.1) is 18.1 Å². The number of rotatable bonds is 3. The average Bonchev–Trinajstić information content (AvgIpc) is 2.80. The number of nitrogens with zero attached hydrogens (tertiary/aromatic N) is 1. The predicted octanol–water partition coefficient (Wildman–Crippen LogP) is 0.691. The van der Waals surface area contributed by atoms with Gasteiger partial charge < -0.3 is 9.64 Å². The zero-order chi connectivity index (χ0) is 14.0. The molecule has 2 rings (SSSR count). The third-order valence-electron chi connectivity index (χ3n) is 3.09. The molecular weight excluding hydrogens is 270 g/mol. The zero-order valence-electron chi connectivity index (χ0n) is 10.4. The van der Waals surface area contributed by atoms with Crippen molar-refractivity contribution in [3.05, 3.63) is 23.2 Å². The maximum Gasteiger partial charge on any atom is 0.239 e. The van der Waals surface area contributed by atoms with E-state index in [1.54, 1.807) is 18.2 Å². The molecule has 1 aromatic carbocycles. The van der Waals surface area contributed by atoms with Crippen molar-refractivity contribution in [3.63, 3.8) is 0 Å². The SMILES string of the molecule is COc1ccc(N2CC(C(=O)NN)CC2=O)cc1Cl. The summed E-state index contributed by atoms with van der Waals surface area (Å²) < 4.78 is 5.05. The second kappa shape index (κ2) is 5.46. The number of anilines is 1. The normalized spacial score (nSPS) is 18.6. The van der Waals surface area contributed by atoms with Crippen molar-refractivity contribution in [2.24, 2.45) is 11.8 Å². The number of carbonyl (C=O) groups is 2. The van der Waals surface area contributed by atoms with Crippen LogP contribution in [0.2, 0.25) is 5.02 Å². The lowest BCUT2D eigenvalue weighted by molar-refractivity contribution is -0.126. The third kappa shape index (κ3) is 2.64. The average molecular weight is 284 g/mol. The lowest BCUT2D eigenvalue weighted by atomic mass is 10.1. The number of hydrogen-bond donors (Lipinski definition) is 2. The van der Waals surface area contributed by atoms with Crippen LogP contribution in [0.25, 0.3) is 0 Å². The predicted molar refractivity (Wildman–Crippen MR) is 70.8 cm³/mol. The molecule has 0 saturated carbocycles. The molecule has 102 valence electrons. The van der Waals surface area contributed by atoms with Crippen LogP contribution in [0.5, 0.6) is 5.75 Å². The Kier molecular flexibility index (Phi) is 3.92. The molecule has 1 saturated heterocycles. The highest BCUT2D eigenvalue weighted by Crippen LogP contribution is 2.32. The van der Waals surface area contributed by atoms with Crippen LogP contribution in [0.4, 0.5) is 5.69 Å². The molecule has 1 aliphatic rings. The fraction of sp³-hybridized carbons (Fsp3) is 0.333. The number of amides is 2. The molecule has 0 aromatic heterocycles. The maximum atomic E-state index is 11.9. The second-order valence-corrected chi connectivity index (χ2v) is 4.64. The summed E-state index contributed by atoms with van der Waals surface area (Å²) in [5.41, 5.74) is 2.71. The van der Waals surface area contributed by atoms with E-state index in [0.717, 1.165) is 0 Å². The minimum Gasteiger partial charge on any atom is -0.495 e. The van der Waals surface area contributed by atoms with Gasteiger partial charge in [-0.1, -0.05) is 11.6 Å². The molecule has 0 radical (unpaired) electrons. The molecule has 1 atom stereocenters. The van der Waals surface area contributed by atoms with E-state index in [2.05, 4.69) is 5.43 Å². The summed E-state index contributed by atoms with van der Waals surface area (Å²) in [4.78, 5) is 24.9. The van der Waals surface area contributed by atoms with Crippen molar-refractivity contribution in [2.75, 3.05) is 18.6 Å². The molecule has 0 spiro atoms. The summed E-state index contributed by atoms with van der Waals surface area (Å²) in [6.07, 6.45) is 0.146. The van der Waals surface area contributed by atoms with Crippen molar-refractivity contribution in [1.29, 1.82) is 0 Å². The zero-order valence-corrected chi connectivity index (χ0v) is 11.1.